The van der Waals surface area contributed by atoms with Crippen LogP contribution in [0.1, 0.15) is 10.5 Å². The molecule has 2 rings (SSSR count). The van der Waals surface area contributed by atoms with E-state index in [9.17, 15) is 9.90 Å². The summed E-state index contributed by atoms with van der Waals surface area (Å²) in [5.41, 5.74) is 0.834. The number of rotatable bonds is 3. The lowest BCUT2D eigenvalue weighted by molar-refractivity contribution is 0.101. The van der Waals surface area contributed by atoms with Crippen LogP contribution in [0.2, 0.25) is 0 Å². The molecule has 17 heavy (non-hydrogen) atoms. The highest BCUT2D eigenvalue weighted by molar-refractivity contribution is 8.00. The zero-order valence-electron chi connectivity index (χ0n) is 8.88. The molecule has 0 spiro atoms. The molecular formula is C10H9N3O2S2. The maximum absolute atomic E-state index is 11.9. The quantitative estimate of drug-likeness (QED) is 0.834. The molecule has 1 aromatic heterocycles. The molecule has 1 amide bonds. The van der Waals surface area contributed by atoms with Crippen LogP contribution in [0.3, 0.4) is 0 Å². The fourth-order valence-electron chi connectivity index (χ4n) is 1.23. The summed E-state index contributed by atoms with van der Waals surface area (Å²) in [4.78, 5) is 11.9. The van der Waals surface area contributed by atoms with Gasteiger partial charge in [-0.15, -0.1) is 16.9 Å². The average Bonchev–Trinajstić information content (AvgIpc) is 2.77. The molecule has 1 heterocycles. The summed E-state index contributed by atoms with van der Waals surface area (Å²) in [7, 11) is 0. The predicted octanol–water partition coefficient (Wildman–Crippen LogP) is 2.22. The van der Waals surface area contributed by atoms with E-state index in [2.05, 4.69) is 14.9 Å². The van der Waals surface area contributed by atoms with Gasteiger partial charge in [-0.3, -0.25) is 4.79 Å². The molecule has 0 unspecified atom stereocenters. The van der Waals surface area contributed by atoms with Crippen LogP contribution < -0.4 is 5.32 Å². The Morgan fingerprint density at radius 2 is 2.35 bits per heavy atom. The minimum Gasteiger partial charge on any atom is -0.508 e. The van der Waals surface area contributed by atoms with E-state index in [4.69, 9.17) is 0 Å². The number of carbonyl (C=O) groups is 1. The summed E-state index contributed by atoms with van der Waals surface area (Å²) in [6.07, 6.45) is 1.86. The number of carbonyl (C=O) groups excluding carboxylic acids is 1. The number of phenols is 1. The average molecular weight is 267 g/mol. The number of hydrogen-bond donors (Lipinski definition) is 2. The van der Waals surface area contributed by atoms with Crippen molar-refractivity contribution in [3.8, 4) is 5.75 Å². The first-order valence-electron chi connectivity index (χ1n) is 4.67. The summed E-state index contributed by atoms with van der Waals surface area (Å²) >= 11 is 2.61. The molecule has 0 aliphatic carbocycles. The van der Waals surface area contributed by atoms with Gasteiger partial charge in [0.1, 0.15) is 9.96 Å². The van der Waals surface area contributed by atoms with Crippen LogP contribution >= 0.6 is 23.3 Å². The van der Waals surface area contributed by atoms with Gasteiger partial charge in [0.25, 0.3) is 5.91 Å². The number of phenolic OH excluding ortho intramolecular Hbond substituents is 1. The van der Waals surface area contributed by atoms with E-state index in [1.807, 2.05) is 6.26 Å². The third-order valence-corrected chi connectivity index (χ3v) is 3.77. The lowest BCUT2D eigenvalue weighted by Gasteiger charge is -2.03. The maximum atomic E-state index is 11.9. The van der Waals surface area contributed by atoms with Gasteiger partial charge in [0.05, 0.1) is 0 Å². The molecule has 0 atom stereocenters. The summed E-state index contributed by atoms with van der Waals surface area (Å²) in [5.74, 6) is -0.224. The van der Waals surface area contributed by atoms with Crippen molar-refractivity contribution < 1.29 is 9.90 Å². The van der Waals surface area contributed by atoms with E-state index >= 15 is 0 Å². The molecule has 0 bridgehead atoms. The number of amides is 1. The third kappa shape index (κ3) is 2.75. The SMILES string of the molecule is CSc1snnc1C(=O)Nc1cccc(O)c1. The van der Waals surface area contributed by atoms with Crippen molar-refractivity contribution in [3.63, 3.8) is 0 Å². The maximum Gasteiger partial charge on any atom is 0.278 e. The Morgan fingerprint density at radius 3 is 3.06 bits per heavy atom. The van der Waals surface area contributed by atoms with Gasteiger partial charge >= 0.3 is 0 Å². The minimum absolute atomic E-state index is 0.101. The van der Waals surface area contributed by atoms with Crippen molar-refractivity contribution in [1.82, 2.24) is 9.59 Å². The second-order valence-electron chi connectivity index (χ2n) is 3.12. The van der Waals surface area contributed by atoms with Crippen LogP contribution in [-0.2, 0) is 0 Å². The first-order chi connectivity index (χ1) is 8.20. The molecule has 88 valence electrons. The molecule has 0 aliphatic rings. The lowest BCUT2D eigenvalue weighted by atomic mass is 10.3. The second-order valence-corrected chi connectivity index (χ2v) is 4.95. The van der Waals surface area contributed by atoms with Gasteiger partial charge in [0, 0.05) is 11.8 Å². The lowest BCUT2D eigenvalue weighted by Crippen LogP contribution is -2.13. The third-order valence-electron chi connectivity index (χ3n) is 1.96. The Kier molecular flexibility index (Phi) is 3.60. The Labute approximate surface area is 106 Å². The van der Waals surface area contributed by atoms with Crippen LogP contribution in [0.5, 0.6) is 5.75 Å². The molecule has 7 heteroatoms. The number of nitrogens with one attached hydrogen (secondary N) is 1. The largest absolute Gasteiger partial charge is 0.508 e. The smallest absolute Gasteiger partial charge is 0.278 e. The number of hydrogen-bond acceptors (Lipinski definition) is 6. The highest BCUT2D eigenvalue weighted by Crippen LogP contribution is 2.23. The van der Waals surface area contributed by atoms with E-state index in [1.54, 1.807) is 12.1 Å². The topological polar surface area (TPSA) is 75.1 Å². The van der Waals surface area contributed by atoms with E-state index in [1.165, 1.54) is 35.4 Å². The predicted molar refractivity (Wildman–Crippen MR) is 67.8 cm³/mol. The van der Waals surface area contributed by atoms with Gasteiger partial charge < -0.3 is 10.4 Å². The number of nitrogens with zero attached hydrogens (tertiary/aromatic N) is 2. The molecule has 0 aliphatic heterocycles. The molecule has 0 fully saturated rings. The van der Waals surface area contributed by atoms with Crippen LogP contribution in [0.4, 0.5) is 5.69 Å². The van der Waals surface area contributed by atoms with Crippen molar-refractivity contribution >= 4 is 34.9 Å². The van der Waals surface area contributed by atoms with Crippen LogP contribution in [0.25, 0.3) is 0 Å². The van der Waals surface area contributed by atoms with Crippen molar-refractivity contribution in [1.29, 1.82) is 0 Å². The van der Waals surface area contributed by atoms with Gasteiger partial charge in [0.2, 0.25) is 0 Å². The fraction of sp³-hybridized carbons (Fsp3) is 0.100. The van der Waals surface area contributed by atoms with Gasteiger partial charge in [-0.05, 0) is 29.9 Å². The molecule has 0 saturated carbocycles. The Hall–Kier alpha value is -1.60. The second kappa shape index (κ2) is 5.15. The molecule has 1 aromatic carbocycles. The number of thioether (sulfide) groups is 1. The normalized spacial score (nSPS) is 10.2. The zero-order valence-corrected chi connectivity index (χ0v) is 10.5. The highest BCUT2D eigenvalue weighted by atomic mass is 32.2. The van der Waals surface area contributed by atoms with Crippen molar-refractivity contribution in [2.24, 2.45) is 0 Å². The van der Waals surface area contributed by atoms with E-state index in [-0.39, 0.29) is 11.7 Å². The Morgan fingerprint density at radius 1 is 1.53 bits per heavy atom. The van der Waals surface area contributed by atoms with Crippen LogP contribution in [-0.4, -0.2) is 26.9 Å². The summed E-state index contributed by atoms with van der Waals surface area (Å²) in [6, 6.07) is 6.35. The van der Waals surface area contributed by atoms with Crippen LogP contribution in [0, 0.1) is 0 Å². The summed E-state index contributed by atoms with van der Waals surface area (Å²) in [5, 5.41) is 15.7. The molecule has 0 saturated heterocycles. The van der Waals surface area contributed by atoms with E-state index < -0.39 is 0 Å². The molecular weight excluding hydrogens is 258 g/mol. The van der Waals surface area contributed by atoms with Crippen LogP contribution in [0.15, 0.2) is 28.5 Å². The van der Waals surface area contributed by atoms with E-state index in [0.29, 0.717) is 11.4 Å². The molecule has 2 aromatic rings. The Balaban J connectivity index is 2.17. The first kappa shape index (κ1) is 11.9. The zero-order chi connectivity index (χ0) is 12.3. The minimum atomic E-state index is -0.325. The summed E-state index contributed by atoms with van der Waals surface area (Å²) in [6.45, 7) is 0. The van der Waals surface area contributed by atoms with Gasteiger partial charge in [0.15, 0.2) is 5.69 Å². The number of anilines is 1. The number of aromatic nitrogens is 2. The van der Waals surface area contributed by atoms with E-state index in [0.717, 1.165) is 4.21 Å². The monoisotopic (exact) mass is 267 g/mol. The fourth-order valence-corrected chi connectivity index (χ4v) is 2.37. The standard InChI is InChI=1S/C10H9N3O2S2/c1-16-10-8(12-13-17-10)9(15)11-6-3-2-4-7(14)5-6/h2-5,14H,1H3,(H,11,15). The van der Waals surface area contributed by atoms with Crippen molar-refractivity contribution in [2.75, 3.05) is 11.6 Å². The molecule has 2 N–H and O–H groups in total. The van der Waals surface area contributed by atoms with Gasteiger partial charge in [-0.25, -0.2) is 0 Å². The van der Waals surface area contributed by atoms with Gasteiger partial charge in [-0.2, -0.15) is 0 Å². The van der Waals surface area contributed by atoms with Gasteiger partial charge in [-0.1, -0.05) is 10.6 Å². The van der Waals surface area contributed by atoms with Crippen molar-refractivity contribution in [2.45, 2.75) is 4.21 Å². The molecule has 5 nitrogen and oxygen atoms in total. The first-order valence-corrected chi connectivity index (χ1v) is 6.67. The number of benzene rings is 1. The summed E-state index contributed by atoms with van der Waals surface area (Å²) < 4.78 is 4.50. The Bertz CT molecular complexity index is 542. The molecule has 0 radical (unpaired) electrons. The number of aromatic hydroxyl groups is 1. The highest BCUT2D eigenvalue weighted by Gasteiger charge is 2.15. The van der Waals surface area contributed by atoms with Crippen molar-refractivity contribution in [3.05, 3.63) is 30.0 Å².